The molecule has 3 atom stereocenters. The van der Waals surface area contributed by atoms with Crippen molar-refractivity contribution < 1.29 is 28.2 Å². The van der Waals surface area contributed by atoms with Crippen molar-refractivity contribution in [1.82, 2.24) is 10.6 Å². The second kappa shape index (κ2) is 5.73. The highest BCUT2D eigenvalue weighted by Gasteiger charge is 2.41. The molecule has 4 rings (SSSR count). The summed E-state index contributed by atoms with van der Waals surface area (Å²) in [5, 5.41) is 14.4. The van der Waals surface area contributed by atoms with Crippen LogP contribution in [0.4, 0.5) is 29.7 Å². The van der Waals surface area contributed by atoms with E-state index in [0.717, 1.165) is 17.0 Å². The molecule has 0 aliphatic carbocycles. The van der Waals surface area contributed by atoms with Crippen molar-refractivity contribution in [2.24, 2.45) is 0 Å². The number of amides is 3. The number of rotatable bonds is 3. The zero-order valence-electron chi connectivity index (χ0n) is 13.0. The first-order valence-corrected chi connectivity index (χ1v) is 7.86. The number of nitrogens with one attached hydrogen (secondary N) is 2. The first-order valence-electron chi connectivity index (χ1n) is 7.86. The number of halogens is 2. The molecular formula is C15H16F2N4O4. The van der Waals surface area contributed by atoms with Gasteiger partial charge in [-0.1, -0.05) is 0 Å². The minimum Gasteiger partial charge on any atom is -0.441 e. The van der Waals surface area contributed by atoms with Gasteiger partial charge < -0.3 is 25.4 Å². The number of aliphatic hydroxyl groups is 1. The lowest BCUT2D eigenvalue weighted by molar-refractivity contribution is 0.0963. The van der Waals surface area contributed by atoms with Crippen LogP contribution in [0, 0.1) is 11.6 Å². The first kappa shape index (κ1) is 15.9. The Bertz CT molecular complexity index is 707. The van der Waals surface area contributed by atoms with Crippen molar-refractivity contribution in [2.75, 3.05) is 36.0 Å². The number of nitrogens with zero attached hydrogens (tertiary/aromatic N) is 2. The minimum absolute atomic E-state index is 0.0252. The molecule has 3 saturated heterocycles. The summed E-state index contributed by atoms with van der Waals surface area (Å²) in [5.41, 5.74) is -0.161. The van der Waals surface area contributed by atoms with Gasteiger partial charge in [0.15, 0.2) is 11.6 Å². The van der Waals surface area contributed by atoms with Gasteiger partial charge in [-0.2, -0.15) is 0 Å². The molecule has 0 bridgehead atoms. The van der Waals surface area contributed by atoms with E-state index in [9.17, 15) is 18.4 Å². The van der Waals surface area contributed by atoms with Gasteiger partial charge in [0.2, 0.25) is 0 Å². The van der Waals surface area contributed by atoms with Gasteiger partial charge in [-0.15, -0.1) is 0 Å². The topological polar surface area (TPSA) is 94.1 Å². The summed E-state index contributed by atoms with van der Waals surface area (Å²) < 4.78 is 34.0. The molecule has 3 heterocycles. The number of urea groups is 1. The molecule has 0 aromatic heterocycles. The van der Waals surface area contributed by atoms with Crippen molar-refractivity contribution >= 4 is 23.5 Å². The Morgan fingerprint density at radius 2 is 1.72 bits per heavy atom. The third kappa shape index (κ3) is 2.62. The highest BCUT2D eigenvalue weighted by Crippen LogP contribution is 2.33. The summed E-state index contributed by atoms with van der Waals surface area (Å²) in [6.07, 6.45) is -1.47. The molecule has 0 spiro atoms. The molecule has 134 valence electrons. The average molecular weight is 354 g/mol. The van der Waals surface area contributed by atoms with Crippen molar-refractivity contribution in [2.45, 2.75) is 18.2 Å². The summed E-state index contributed by atoms with van der Waals surface area (Å²) in [5.74, 6) is -1.61. The van der Waals surface area contributed by atoms with Gasteiger partial charge in [0.25, 0.3) is 0 Å². The zero-order chi connectivity index (χ0) is 17.7. The monoisotopic (exact) mass is 354 g/mol. The van der Waals surface area contributed by atoms with Crippen molar-refractivity contribution in [3.8, 4) is 0 Å². The SMILES string of the molecule is O=C1NC2CN(c3c(F)cc(N4C[C@H](CO)OC4=O)cc3F)CC2N1. The van der Waals surface area contributed by atoms with Crippen LogP contribution in [0.5, 0.6) is 0 Å². The van der Waals surface area contributed by atoms with Gasteiger partial charge in [-0.05, 0) is 0 Å². The van der Waals surface area contributed by atoms with E-state index in [-0.39, 0.29) is 55.7 Å². The number of carbonyl (C=O) groups excluding carboxylic acids is 2. The number of anilines is 2. The van der Waals surface area contributed by atoms with Crippen LogP contribution in [0.1, 0.15) is 0 Å². The Labute approximate surface area is 141 Å². The van der Waals surface area contributed by atoms with Gasteiger partial charge in [0.05, 0.1) is 30.9 Å². The fraction of sp³-hybridized carbons (Fsp3) is 0.467. The lowest BCUT2D eigenvalue weighted by Gasteiger charge is -2.22. The van der Waals surface area contributed by atoms with E-state index >= 15 is 0 Å². The van der Waals surface area contributed by atoms with E-state index < -0.39 is 23.8 Å². The molecule has 3 fully saturated rings. The van der Waals surface area contributed by atoms with Gasteiger partial charge in [-0.3, -0.25) is 4.90 Å². The number of benzene rings is 1. The second-order valence-corrected chi connectivity index (χ2v) is 6.29. The number of aliphatic hydroxyl groups excluding tert-OH is 1. The molecule has 0 saturated carbocycles. The van der Waals surface area contributed by atoms with E-state index in [4.69, 9.17) is 9.84 Å². The van der Waals surface area contributed by atoms with E-state index in [2.05, 4.69) is 10.6 Å². The van der Waals surface area contributed by atoms with E-state index in [1.165, 1.54) is 4.90 Å². The van der Waals surface area contributed by atoms with Crippen LogP contribution in [0.3, 0.4) is 0 Å². The predicted octanol–water partition coefficient (Wildman–Crippen LogP) is 0.152. The largest absolute Gasteiger partial charge is 0.441 e. The second-order valence-electron chi connectivity index (χ2n) is 6.29. The van der Waals surface area contributed by atoms with E-state index in [1.807, 2.05) is 0 Å². The molecule has 0 radical (unpaired) electrons. The molecule has 25 heavy (non-hydrogen) atoms. The fourth-order valence-electron chi connectivity index (χ4n) is 3.49. The van der Waals surface area contributed by atoms with Gasteiger partial charge >= 0.3 is 12.1 Å². The molecule has 3 aliphatic rings. The van der Waals surface area contributed by atoms with Crippen LogP contribution >= 0.6 is 0 Å². The molecule has 10 heteroatoms. The molecule has 8 nitrogen and oxygen atoms in total. The highest BCUT2D eigenvalue weighted by molar-refractivity contribution is 5.90. The highest BCUT2D eigenvalue weighted by atomic mass is 19.1. The Kier molecular flexibility index (Phi) is 3.64. The van der Waals surface area contributed by atoms with Crippen LogP contribution in [-0.4, -0.2) is 61.7 Å². The van der Waals surface area contributed by atoms with Crippen LogP contribution in [0.15, 0.2) is 12.1 Å². The number of cyclic esters (lactones) is 1. The molecule has 3 aliphatic heterocycles. The molecular weight excluding hydrogens is 338 g/mol. The predicted molar refractivity (Wildman–Crippen MR) is 82.5 cm³/mol. The molecule has 3 amide bonds. The maximum Gasteiger partial charge on any atom is 0.414 e. The third-order valence-electron chi connectivity index (χ3n) is 4.66. The molecule has 3 N–H and O–H groups in total. The number of hydrogen-bond acceptors (Lipinski definition) is 5. The summed E-state index contributed by atoms with van der Waals surface area (Å²) in [7, 11) is 0. The van der Waals surface area contributed by atoms with Crippen molar-refractivity contribution in [3.05, 3.63) is 23.8 Å². The Morgan fingerprint density at radius 3 is 2.24 bits per heavy atom. The van der Waals surface area contributed by atoms with Gasteiger partial charge in [-0.25, -0.2) is 18.4 Å². The smallest absolute Gasteiger partial charge is 0.414 e. The van der Waals surface area contributed by atoms with Gasteiger partial charge in [0.1, 0.15) is 11.8 Å². The van der Waals surface area contributed by atoms with Crippen LogP contribution in [-0.2, 0) is 4.74 Å². The Hall–Kier alpha value is -2.62. The van der Waals surface area contributed by atoms with E-state index in [1.54, 1.807) is 0 Å². The number of carbonyl (C=O) groups is 2. The van der Waals surface area contributed by atoms with Crippen LogP contribution < -0.4 is 20.4 Å². The first-order chi connectivity index (χ1) is 12.0. The quantitative estimate of drug-likeness (QED) is 0.719. The normalized spacial score (nSPS) is 28.0. The zero-order valence-corrected chi connectivity index (χ0v) is 13.0. The lowest BCUT2D eigenvalue weighted by atomic mass is 10.2. The van der Waals surface area contributed by atoms with Crippen LogP contribution in [0.25, 0.3) is 0 Å². The molecule has 2 unspecified atom stereocenters. The Balaban J connectivity index is 1.58. The number of ether oxygens (including phenoxy) is 1. The number of hydrogen-bond donors (Lipinski definition) is 3. The van der Waals surface area contributed by atoms with Crippen LogP contribution in [0.2, 0.25) is 0 Å². The van der Waals surface area contributed by atoms with Crippen molar-refractivity contribution in [3.63, 3.8) is 0 Å². The summed E-state index contributed by atoms with van der Waals surface area (Å²) in [6, 6.07) is 1.45. The lowest BCUT2D eigenvalue weighted by Crippen LogP contribution is -2.35. The fourth-order valence-corrected chi connectivity index (χ4v) is 3.49. The maximum atomic E-state index is 14.6. The van der Waals surface area contributed by atoms with E-state index in [0.29, 0.717) is 0 Å². The number of fused-ring (bicyclic) bond motifs is 1. The summed E-state index contributed by atoms with van der Waals surface area (Å²) in [6.45, 7) is 0.238. The summed E-state index contributed by atoms with van der Waals surface area (Å²) >= 11 is 0. The minimum atomic E-state index is -0.804. The molecule has 1 aromatic carbocycles. The standard InChI is InChI=1S/C15H16F2N4O4/c16-9-1-7(21-3-8(6-22)25-15(21)24)2-10(17)13(9)20-4-11-12(5-20)19-14(23)18-11/h1-2,8,11-12,22H,3-6H2,(H2,18,19,23)/t8-,11?,12?/m1/s1. The summed E-state index contributed by atoms with van der Waals surface area (Å²) in [4.78, 5) is 25.6. The average Bonchev–Trinajstić information content (AvgIpc) is 3.19. The maximum absolute atomic E-state index is 14.6. The van der Waals surface area contributed by atoms with Gasteiger partial charge in [0, 0.05) is 25.2 Å². The Morgan fingerprint density at radius 1 is 1.12 bits per heavy atom. The third-order valence-corrected chi connectivity index (χ3v) is 4.66. The molecule has 1 aromatic rings. The van der Waals surface area contributed by atoms with Crippen molar-refractivity contribution in [1.29, 1.82) is 0 Å².